The zero-order valence-electron chi connectivity index (χ0n) is 10.7. The highest BCUT2D eigenvalue weighted by Gasteiger charge is 2.29. The molecule has 1 nitrogen and oxygen atoms in total. The maximum atomic E-state index is 5.59. The predicted octanol–water partition coefficient (Wildman–Crippen LogP) is 3.83. The fourth-order valence-electron chi connectivity index (χ4n) is 2.26. The molecular formula is C16H21N. The van der Waals surface area contributed by atoms with Gasteiger partial charge in [0.25, 0.3) is 0 Å². The molecule has 0 N–H and O–H groups in total. The van der Waals surface area contributed by atoms with Crippen LogP contribution in [-0.4, -0.2) is 12.6 Å². The summed E-state index contributed by atoms with van der Waals surface area (Å²) in [7, 11) is 0. The van der Waals surface area contributed by atoms with Gasteiger partial charge in [-0.25, -0.2) is 0 Å². The Morgan fingerprint density at radius 3 is 2.71 bits per heavy atom. The number of benzene rings is 1. The van der Waals surface area contributed by atoms with E-state index in [1.165, 1.54) is 37.8 Å². The standard InChI is InChI=1S/C16H21N/c1-3-5-8-13-17(15-11-12-15)16-10-7-6-9-14(16)4-2/h2,6-7,9-10,15H,3,5,8,11-13H2,1H3. The number of para-hydroxylation sites is 1. The van der Waals surface area contributed by atoms with Crippen molar-refractivity contribution in [2.45, 2.75) is 45.1 Å². The van der Waals surface area contributed by atoms with Crippen LogP contribution in [0.5, 0.6) is 0 Å². The van der Waals surface area contributed by atoms with Crippen molar-refractivity contribution in [3.05, 3.63) is 29.8 Å². The molecule has 0 atom stereocenters. The van der Waals surface area contributed by atoms with E-state index < -0.39 is 0 Å². The van der Waals surface area contributed by atoms with Crippen molar-refractivity contribution in [3.63, 3.8) is 0 Å². The Kier molecular flexibility index (Phi) is 4.09. The number of hydrogen-bond acceptors (Lipinski definition) is 1. The monoisotopic (exact) mass is 227 g/mol. The summed E-state index contributed by atoms with van der Waals surface area (Å²) in [5, 5.41) is 0. The van der Waals surface area contributed by atoms with Gasteiger partial charge >= 0.3 is 0 Å². The van der Waals surface area contributed by atoms with E-state index >= 15 is 0 Å². The van der Waals surface area contributed by atoms with Crippen LogP contribution in [0, 0.1) is 12.3 Å². The molecule has 0 amide bonds. The van der Waals surface area contributed by atoms with E-state index in [0.717, 1.165) is 18.2 Å². The van der Waals surface area contributed by atoms with Crippen molar-refractivity contribution in [1.82, 2.24) is 0 Å². The van der Waals surface area contributed by atoms with Crippen LogP contribution < -0.4 is 4.90 Å². The third-order valence-electron chi connectivity index (χ3n) is 3.36. The van der Waals surface area contributed by atoms with Crippen LogP contribution >= 0.6 is 0 Å². The van der Waals surface area contributed by atoms with Crippen LogP contribution in [0.4, 0.5) is 5.69 Å². The zero-order chi connectivity index (χ0) is 12.1. The summed E-state index contributed by atoms with van der Waals surface area (Å²) in [5.41, 5.74) is 2.30. The highest BCUT2D eigenvalue weighted by molar-refractivity contribution is 5.61. The summed E-state index contributed by atoms with van der Waals surface area (Å²) < 4.78 is 0. The molecule has 1 aromatic carbocycles. The Morgan fingerprint density at radius 1 is 1.29 bits per heavy atom. The maximum absolute atomic E-state index is 5.59. The molecule has 0 heterocycles. The predicted molar refractivity (Wildman–Crippen MR) is 74.3 cm³/mol. The van der Waals surface area contributed by atoms with E-state index in [1.54, 1.807) is 0 Å². The molecule has 1 heteroatoms. The van der Waals surface area contributed by atoms with Gasteiger partial charge in [-0.2, -0.15) is 0 Å². The van der Waals surface area contributed by atoms with E-state index in [0.29, 0.717) is 0 Å². The highest BCUT2D eigenvalue weighted by Crippen LogP contribution is 2.33. The van der Waals surface area contributed by atoms with Crippen molar-refractivity contribution in [3.8, 4) is 12.3 Å². The Balaban J connectivity index is 2.12. The van der Waals surface area contributed by atoms with Gasteiger partial charge in [0.1, 0.15) is 0 Å². The minimum atomic E-state index is 0.737. The smallest absolute Gasteiger partial charge is 0.0527 e. The fraction of sp³-hybridized carbons (Fsp3) is 0.500. The Morgan fingerprint density at radius 2 is 2.06 bits per heavy atom. The van der Waals surface area contributed by atoms with Crippen molar-refractivity contribution in [2.75, 3.05) is 11.4 Å². The molecule has 1 aromatic rings. The van der Waals surface area contributed by atoms with Gasteiger partial charge in [-0.05, 0) is 31.4 Å². The van der Waals surface area contributed by atoms with Gasteiger partial charge in [0.05, 0.1) is 5.69 Å². The summed E-state index contributed by atoms with van der Waals surface area (Å²) in [5.74, 6) is 2.81. The largest absolute Gasteiger partial charge is 0.368 e. The lowest BCUT2D eigenvalue weighted by Crippen LogP contribution is -2.27. The third-order valence-corrected chi connectivity index (χ3v) is 3.36. The third kappa shape index (κ3) is 3.03. The second-order valence-electron chi connectivity index (χ2n) is 4.79. The average molecular weight is 227 g/mol. The molecule has 0 aliphatic heterocycles. The number of rotatable bonds is 6. The van der Waals surface area contributed by atoms with E-state index in [-0.39, 0.29) is 0 Å². The van der Waals surface area contributed by atoms with Gasteiger partial charge in [0.15, 0.2) is 0 Å². The van der Waals surface area contributed by atoms with E-state index in [1.807, 2.05) is 12.1 Å². The molecule has 0 aromatic heterocycles. The van der Waals surface area contributed by atoms with E-state index in [4.69, 9.17) is 6.42 Å². The van der Waals surface area contributed by atoms with E-state index in [2.05, 4.69) is 29.9 Å². The van der Waals surface area contributed by atoms with Crippen molar-refractivity contribution < 1.29 is 0 Å². The molecule has 0 unspecified atom stereocenters. The molecule has 90 valence electrons. The zero-order valence-corrected chi connectivity index (χ0v) is 10.7. The maximum Gasteiger partial charge on any atom is 0.0527 e. The quantitative estimate of drug-likeness (QED) is 0.527. The first-order valence-electron chi connectivity index (χ1n) is 6.69. The normalized spacial score (nSPS) is 14.4. The molecule has 1 aliphatic carbocycles. The van der Waals surface area contributed by atoms with E-state index in [9.17, 15) is 0 Å². The SMILES string of the molecule is C#Cc1ccccc1N(CCCCC)C1CC1. The second-order valence-corrected chi connectivity index (χ2v) is 4.79. The molecule has 1 saturated carbocycles. The molecule has 0 radical (unpaired) electrons. The fourth-order valence-corrected chi connectivity index (χ4v) is 2.26. The second kappa shape index (κ2) is 5.77. The first-order valence-corrected chi connectivity index (χ1v) is 6.69. The van der Waals surface area contributed by atoms with Gasteiger partial charge < -0.3 is 4.90 Å². The van der Waals surface area contributed by atoms with Crippen LogP contribution in [0.25, 0.3) is 0 Å². The lowest BCUT2D eigenvalue weighted by molar-refractivity contribution is 0.672. The Bertz CT molecular complexity index is 398. The van der Waals surface area contributed by atoms with Crippen LogP contribution in [0.3, 0.4) is 0 Å². The average Bonchev–Trinajstić information content (AvgIpc) is 3.19. The Hall–Kier alpha value is -1.42. The number of nitrogens with zero attached hydrogens (tertiary/aromatic N) is 1. The molecule has 0 saturated heterocycles. The minimum absolute atomic E-state index is 0.737. The number of unbranched alkanes of at least 4 members (excludes halogenated alkanes) is 2. The summed E-state index contributed by atoms with van der Waals surface area (Å²) in [6, 6.07) is 9.06. The summed E-state index contributed by atoms with van der Waals surface area (Å²) in [6.07, 6.45) is 12.1. The van der Waals surface area contributed by atoms with Crippen LogP contribution in [0.2, 0.25) is 0 Å². The summed E-state index contributed by atoms with van der Waals surface area (Å²) in [6.45, 7) is 3.40. The minimum Gasteiger partial charge on any atom is -0.368 e. The molecule has 0 bridgehead atoms. The van der Waals surface area contributed by atoms with Crippen LogP contribution in [0.1, 0.15) is 44.6 Å². The molecular weight excluding hydrogens is 206 g/mol. The molecule has 17 heavy (non-hydrogen) atoms. The molecule has 1 aliphatic rings. The van der Waals surface area contributed by atoms with Crippen LogP contribution in [-0.2, 0) is 0 Å². The number of hydrogen-bond donors (Lipinski definition) is 0. The van der Waals surface area contributed by atoms with Gasteiger partial charge in [-0.15, -0.1) is 6.42 Å². The first-order chi connectivity index (χ1) is 8.36. The van der Waals surface area contributed by atoms with Crippen molar-refractivity contribution >= 4 is 5.69 Å². The molecule has 1 fully saturated rings. The van der Waals surface area contributed by atoms with Gasteiger partial charge in [0.2, 0.25) is 0 Å². The summed E-state index contributed by atoms with van der Waals surface area (Å²) in [4.78, 5) is 2.52. The Labute approximate surface area is 105 Å². The highest BCUT2D eigenvalue weighted by atomic mass is 15.2. The molecule has 2 rings (SSSR count). The number of terminal acetylenes is 1. The van der Waals surface area contributed by atoms with Crippen molar-refractivity contribution in [2.24, 2.45) is 0 Å². The van der Waals surface area contributed by atoms with Crippen molar-refractivity contribution in [1.29, 1.82) is 0 Å². The van der Waals surface area contributed by atoms with Gasteiger partial charge in [-0.1, -0.05) is 37.8 Å². The summed E-state index contributed by atoms with van der Waals surface area (Å²) >= 11 is 0. The number of anilines is 1. The lowest BCUT2D eigenvalue weighted by atomic mass is 10.1. The van der Waals surface area contributed by atoms with Gasteiger partial charge in [0, 0.05) is 18.2 Å². The van der Waals surface area contributed by atoms with Gasteiger partial charge in [-0.3, -0.25) is 0 Å². The molecule has 0 spiro atoms. The first kappa shape index (κ1) is 12.0. The topological polar surface area (TPSA) is 3.24 Å². The van der Waals surface area contributed by atoms with Crippen LogP contribution in [0.15, 0.2) is 24.3 Å². The lowest BCUT2D eigenvalue weighted by Gasteiger charge is -2.26.